The lowest BCUT2D eigenvalue weighted by molar-refractivity contribution is 0.0596. The second-order valence-corrected chi connectivity index (χ2v) is 5.47. The van der Waals surface area contributed by atoms with E-state index in [-0.39, 0.29) is 5.54 Å². The molecule has 1 N–H and O–H groups in total. The molecule has 0 spiro atoms. The molecule has 1 fully saturated rings. The number of rotatable bonds is 3. The van der Waals surface area contributed by atoms with Crippen molar-refractivity contribution in [1.29, 1.82) is 0 Å². The van der Waals surface area contributed by atoms with Gasteiger partial charge >= 0.3 is 5.97 Å². The standard InChI is InChI=1S/C14H21N3O3/c1-14(2)9-17(6-5-16-14)12-7-11(19-3)10(8-15-12)13(18)20-4/h7-8,16H,5-6,9H2,1-4H3. The Morgan fingerprint density at radius 2 is 2.20 bits per heavy atom. The van der Waals surface area contributed by atoms with Crippen molar-refractivity contribution in [3.05, 3.63) is 17.8 Å². The summed E-state index contributed by atoms with van der Waals surface area (Å²) >= 11 is 0. The number of esters is 1. The number of nitrogens with one attached hydrogen (secondary N) is 1. The van der Waals surface area contributed by atoms with Gasteiger partial charge in [0.15, 0.2) is 0 Å². The van der Waals surface area contributed by atoms with Gasteiger partial charge in [-0.05, 0) is 13.8 Å². The largest absolute Gasteiger partial charge is 0.496 e. The van der Waals surface area contributed by atoms with Crippen LogP contribution in [0.1, 0.15) is 24.2 Å². The molecule has 1 saturated heterocycles. The molecule has 0 amide bonds. The molecule has 0 radical (unpaired) electrons. The average molecular weight is 279 g/mol. The maximum atomic E-state index is 11.6. The molecule has 0 aromatic carbocycles. The Hall–Kier alpha value is -1.82. The average Bonchev–Trinajstić information content (AvgIpc) is 2.44. The van der Waals surface area contributed by atoms with Gasteiger partial charge in [-0.3, -0.25) is 0 Å². The molecular formula is C14H21N3O3. The monoisotopic (exact) mass is 279 g/mol. The number of nitrogens with zero attached hydrogens (tertiary/aromatic N) is 2. The number of pyridine rings is 1. The predicted octanol–water partition coefficient (Wildman–Crippen LogP) is 1.06. The van der Waals surface area contributed by atoms with Crippen molar-refractivity contribution in [2.45, 2.75) is 19.4 Å². The van der Waals surface area contributed by atoms with E-state index in [0.29, 0.717) is 11.3 Å². The molecule has 2 rings (SSSR count). The maximum Gasteiger partial charge on any atom is 0.343 e. The number of hydrogen-bond donors (Lipinski definition) is 1. The number of ether oxygens (including phenoxy) is 2. The van der Waals surface area contributed by atoms with Crippen molar-refractivity contribution in [1.82, 2.24) is 10.3 Å². The van der Waals surface area contributed by atoms with Gasteiger partial charge in [-0.15, -0.1) is 0 Å². The summed E-state index contributed by atoms with van der Waals surface area (Å²) in [5.74, 6) is 0.851. The first-order valence-electron chi connectivity index (χ1n) is 6.59. The first-order valence-corrected chi connectivity index (χ1v) is 6.59. The van der Waals surface area contributed by atoms with E-state index in [9.17, 15) is 4.79 Å². The molecule has 6 nitrogen and oxygen atoms in total. The zero-order valence-corrected chi connectivity index (χ0v) is 12.4. The summed E-state index contributed by atoms with van der Waals surface area (Å²) in [6.45, 7) is 6.92. The van der Waals surface area contributed by atoms with Crippen molar-refractivity contribution in [3.63, 3.8) is 0 Å². The normalized spacial score (nSPS) is 17.7. The molecule has 1 aromatic heterocycles. The fraction of sp³-hybridized carbons (Fsp3) is 0.571. The molecule has 1 aliphatic heterocycles. The van der Waals surface area contributed by atoms with E-state index in [4.69, 9.17) is 9.47 Å². The van der Waals surface area contributed by atoms with Gasteiger partial charge in [-0.1, -0.05) is 0 Å². The summed E-state index contributed by atoms with van der Waals surface area (Å²) in [6.07, 6.45) is 1.51. The SMILES string of the molecule is COC(=O)c1cnc(N2CCNC(C)(C)C2)cc1OC. The molecule has 110 valence electrons. The third-order valence-electron chi connectivity index (χ3n) is 3.37. The van der Waals surface area contributed by atoms with Crippen LogP contribution in [0.5, 0.6) is 5.75 Å². The highest BCUT2D eigenvalue weighted by Gasteiger charge is 2.27. The number of piperazine rings is 1. The summed E-state index contributed by atoms with van der Waals surface area (Å²) in [5.41, 5.74) is 0.377. The van der Waals surface area contributed by atoms with Crippen LogP contribution in [-0.4, -0.2) is 50.3 Å². The highest BCUT2D eigenvalue weighted by molar-refractivity contribution is 5.92. The smallest absolute Gasteiger partial charge is 0.343 e. The summed E-state index contributed by atoms with van der Waals surface area (Å²) in [6, 6.07) is 1.79. The minimum absolute atomic E-state index is 0.0359. The van der Waals surface area contributed by atoms with Gasteiger partial charge in [0.25, 0.3) is 0 Å². The zero-order valence-electron chi connectivity index (χ0n) is 12.4. The number of aromatic nitrogens is 1. The van der Waals surface area contributed by atoms with Crippen molar-refractivity contribution in [2.24, 2.45) is 0 Å². The molecule has 0 saturated carbocycles. The van der Waals surface area contributed by atoms with Crippen LogP contribution in [0.4, 0.5) is 5.82 Å². The minimum Gasteiger partial charge on any atom is -0.496 e. The second-order valence-electron chi connectivity index (χ2n) is 5.47. The molecule has 6 heteroatoms. The third-order valence-corrected chi connectivity index (χ3v) is 3.37. The highest BCUT2D eigenvalue weighted by atomic mass is 16.5. The Balaban J connectivity index is 2.27. The van der Waals surface area contributed by atoms with Crippen LogP contribution in [-0.2, 0) is 4.74 Å². The summed E-state index contributed by atoms with van der Waals surface area (Å²) < 4.78 is 9.98. The number of hydrogen-bond acceptors (Lipinski definition) is 6. The van der Waals surface area contributed by atoms with Gasteiger partial charge < -0.3 is 19.7 Å². The zero-order chi connectivity index (χ0) is 14.8. The van der Waals surface area contributed by atoms with Crippen molar-refractivity contribution >= 4 is 11.8 Å². The topological polar surface area (TPSA) is 63.7 Å². The van der Waals surface area contributed by atoms with Crippen molar-refractivity contribution < 1.29 is 14.3 Å². The molecule has 1 aliphatic rings. The molecule has 2 heterocycles. The van der Waals surface area contributed by atoms with E-state index in [1.165, 1.54) is 20.4 Å². The lowest BCUT2D eigenvalue weighted by Crippen LogP contribution is -2.57. The summed E-state index contributed by atoms with van der Waals surface area (Å²) in [5, 5.41) is 3.45. The van der Waals surface area contributed by atoms with Gasteiger partial charge in [0.05, 0.1) is 14.2 Å². The number of carbonyl (C=O) groups is 1. The molecule has 0 bridgehead atoms. The Bertz CT molecular complexity index is 502. The van der Waals surface area contributed by atoms with E-state index in [2.05, 4.69) is 29.0 Å². The minimum atomic E-state index is -0.443. The van der Waals surface area contributed by atoms with Gasteiger partial charge in [0.1, 0.15) is 17.1 Å². The third kappa shape index (κ3) is 3.01. The lowest BCUT2D eigenvalue weighted by atomic mass is 10.0. The Labute approximate surface area is 119 Å². The quantitative estimate of drug-likeness (QED) is 0.835. The molecule has 0 unspecified atom stereocenters. The molecule has 1 aromatic rings. The molecule has 0 aliphatic carbocycles. The Morgan fingerprint density at radius 1 is 1.45 bits per heavy atom. The second kappa shape index (κ2) is 5.66. The highest BCUT2D eigenvalue weighted by Crippen LogP contribution is 2.25. The molecule has 20 heavy (non-hydrogen) atoms. The van der Waals surface area contributed by atoms with Crippen LogP contribution in [0.2, 0.25) is 0 Å². The van der Waals surface area contributed by atoms with Gasteiger partial charge in [0, 0.05) is 37.4 Å². The van der Waals surface area contributed by atoms with Crippen LogP contribution in [0.25, 0.3) is 0 Å². The van der Waals surface area contributed by atoms with Crippen LogP contribution >= 0.6 is 0 Å². The Kier molecular flexibility index (Phi) is 4.13. The molecular weight excluding hydrogens is 258 g/mol. The maximum absolute atomic E-state index is 11.6. The van der Waals surface area contributed by atoms with E-state index in [0.717, 1.165) is 25.5 Å². The molecule has 0 atom stereocenters. The van der Waals surface area contributed by atoms with Crippen LogP contribution in [0.3, 0.4) is 0 Å². The Morgan fingerprint density at radius 3 is 2.80 bits per heavy atom. The predicted molar refractivity (Wildman–Crippen MR) is 76.4 cm³/mol. The van der Waals surface area contributed by atoms with Gasteiger partial charge in [0.2, 0.25) is 0 Å². The van der Waals surface area contributed by atoms with Gasteiger partial charge in [-0.25, -0.2) is 9.78 Å². The number of methoxy groups -OCH3 is 2. The number of carbonyl (C=O) groups excluding carboxylic acids is 1. The van der Waals surface area contributed by atoms with Gasteiger partial charge in [-0.2, -0.15) is 0 Å². The fourth-order valence-electron chi connectivity index (χ4n) is 2.37. The van der Waals surface area contributed by atoms with Crippen molar-refractivity contribution in [3.8, 4) is 5.75 Å². The van der Waals surface area contributed by atoms with E-state index < -0.39 is 5.97 Å². The summed E-state index contributed by atoms with van der Waals surface area (Å²) in [7, 11) is 2.88. The van der Waals surface area contributed by atoms with Crippen LogP contribution in [0, 0.1) is 0 Å². The van der Waals surface area contributed by atoms with E-state index in [1.807, 2.05) is 0 Å². The van der Waals surface area contributed by atoms with Crippen LogP contribution < -0.4 is 15.0 Å². The van der Waals surface area contributed by atoms with Crippen LogP contribution in [0.15, 0.2) is 12.3 Å². The first kappa shape index (κ1) is 14.6. The van der Waals surface area contributed by atoms with Crippen molar-refractivity contribution in [2.75, 3.05) is 38.8 Å². The summed E-state index contributed by atoms with van der Waals surface area (Å²) in [4.78, 5) is 18.2. The lowest BCUT2D eigenvalue weighted by Gasteiger charge is -2.39. The number of anilines is 1. The van der Waals surface area contributed by atoms with E-state index >= 15 is 0 Å². The van der Waals surface area contributed by atoms with E-state index in [1.54, 1.807) is 6.07 Å². The first-order chi connectivity index (χ1) is 9.46. The fourth-order valence-corrected chi connectivity index (χ4v) is 2.37.